The van der Waals surface area contributed by atoms with E-state index in [2.05, 4.69) is 71.7 Å². The highest BCUT2D eigenvalue weighted by Crippen LogP contribution is 2.28. The molecule has 0 bridgehead atoms. The first-order valence-corrected chi connectivity index (χ1v) is 13.8. The SMILES string of the molecule is C=C/C=C(\C=C(/C)CN(C)CC1=NC(NCCCNC)c2ccccc2N1)Oc1ccccc1.CC.CC. The summed E-state index contributed by atoms with van der Waals surface area (Å²) in [7, 11) is 4.08. The number of anilines is 1. The van der Waals surface area contributed by atoms with E-state index in [0.29, 0.717) is 6.54 Å². The Kier molecular flexibility index (Phi) is 17.2. The molecule has 1 aliphatic heterocycles. The number of likely N-dealkylation sites (N-methyl/N-ethyl adjacent to an activating group) is 1. The van der Waals surface area contributed by atoms with Gasteiger partial charge in [-0.15, -0.1) is 0 Å². The summed E-state index contributed by atoms with van der Waals surface area (Å²) in [5, 5.41) is 10.3. The molecule has 3 rings (SSSR count). The number of rotatable bonds is 13. The number of amidine groups is 1. The van der Waals surface area contributed by atoms with Crippen LogP contribution in [0.5, 0.6) is 5.75 Å². The van der Waals surface area contributed by atoms with Crippen LogP contribution in [0, 0.1) is 0 Å². The quantitative estimate of drug-likeness (QED) is 0.155. The first kappa shape index (κ1) is 32.8. The van der Waals surface area contributed by atoms with Crippen LogP contribution in [-0.2, 0) is 0 Å². The molecule has 208 valence electrons. The van der Waals surface area contributed by atoms with Crippen molar-refractivity contribution in [2.75, 3.05) is 45.6 Å². The lowest BCUT2D eigenvalue weighted by molar-refractivity contribution is 0.407. The van der Waals surface area contributed by atoms with E-state index in [1.54, 1.807) is 6.08 Å². The van der Waals surface area contributed by atoms with Gasteiger partial charge in [0.05, 0.1) is 6.54 Å². The molecular formula is C32H49N5O. The molecule has 0 saturated heterocycles. The molecule has 2 aromatic carbocycles. The molecule has 0 fully saturated rings. The summed E-state index contributed by atoms with van der Waals surface area (Å²) in [5.74, 6) is 2.53. The van der Waals surface area contributed by atoms with Crippen LogP contribution in [0.25, 0.3) is 0 Å². The molecular weight excluding hydrogens is 470 g/mol. The molecule has 0 aromatic heterocycles. The first-order valence-electron chi connectivity index (χ1n) is 13.8. The Bertz CT molecular complexity index is 1010. The number of nitrogens with zero attached hydrogens (tertiary/aromatic N) is 2. The van der Waals surface area contributed by atoms with Crippen molar-refractivity contribution in [3.05, 3.63) is 96.3 Å². The van der Waals surface area contributed by atoms with E-state index < -0.39 is 0 Å². The zero-order chi connectivity index (χ0) is 28.2. The number of allylic oxidation sites excluding steroid dienone is 3. The highest BCUT2D eigenvalue weighted by molar-refractivity contribution is 5.99. The third-order valence-corrected chi connectivity index (χ3v) is 5.35. The topological polar surface area (TPSA) is 60.9 Å². The Labute approximate surface area is 231 Å². The molecule has 6 nitrogen and oxygen atoms in total. The minimum Gasteiger partial charge on any atom is -0.457 e. The fraction of sp³-hybridized carbons (Fsp3) is 0.406. The molecule has 0 radical (unpaired) electrons. The summed E-state index contributed by atoms with van der Waals surface area (Å²) >= 11 is 0. The summed E-state index contributed by atoms with van der Waals surface area (Å²) in [6, 6.07) is 18.2. The van der Waals surface area contributed by atoms with Crippen LogP contribution in [0.4, 0.5) is 5.69 Å². The van der Waals surface area contributed by atoms with E-state index in [1.807, 2.05) is 71.2 Å². The maximum Gasteiger partial charge on any atom is 0.129 e. The van der Waals surface area contributed by atoms with Gasteiger partial charge in [-0.3, -0.25) is 10.2 Å². The fourth-order valence-electron chi connectivity index (χ4n) is 3.88. The third kappa shape index (κ3) is 11.9. The molecule has 0 aliphatic carbocycles. The fourth-order valence-corrected chi connectivity index (χ4v) is 3.88. The second-order valence-electron chi connectivity index (χ2n) is 8.48. The van der Waals surface area contributed by atoms with Crippen molar-refractivity contribution in [1.29, 1.82) is 0 Å². The highest BCUT2D eigenvalue weighted by Gasteiger charge is 2.21. The van der Waals surface area contributed by atoms with Crippen LogP contribution in [0.3, 0.4) is 0 Å². The van der Waals surface area contributed by atoms with Gasteiger partial charge in [-0.25, -0.2) is 4.99 Å². The molecule has 38 heavy (non-hydrogen) atoms. The molecule has 6 heteroatoms. The highest BCUT2D eigenvalue weighted by atomic mass is 16.5. The van der Waals surface area contributed by atoms with Crippen LogP contribution >= 0.6 is 0 Å². The number of benzene rings is 2. The number of ether oxygens (including phenoxy) is 1. The summed E-state index contributed by atoms with van der Waals surface area (Å²) in [6.45, 7) is 17.3. The van der Waals surface area contributed by atoms with E-state index in [4.69, 9.17) is 9.73 Å². The minimum atomic E-state index is -0.0317. The van der Waals surface area contributed by atoms with Crippen molar-refractivity contribution in [2.45, 2.75) is 47.2 Å². The number of hydrogen-bond donors (Lipinski definition) is 3. The summed E-state index contributed by atoms with van der Waals surface area (Å²) in [5.41, 5.74) is 3.49. The van der Waals surface area contributed by atoms with Crippen LogP contribution in [-0.4, -0.2) is 51.0 Å². The average Bonchev–Trinajstić information content (AvgIpc) is 2.94. The van der Waals surface area contributed by atoms with E-state index in [9.17, 15) is 0 Å². The maximum atomic E-state index is 6.01. The number of aliphatic imine (C=N–C) groups is 1. The van der Waals surface area contributed by atoms with E-state index >= 15 is 0 Å². The predicted molar refractivity (Wildman–Crippen MR) is 166 cm³/mol. The monoisotopic (exact) mass is 519 g/mol. The van der Waals surface area contributed by atoms with Gasteiger partial charge in [0.1, 0.15) is 23.5 Å². The van der Waals surface area contributed by atoms with E-state index in [1.165, 1.54) is 11.1 Å². The maximum absolute atomic E-state index is 6.01. The van der Waals surface area contributed by atoms with Crippen molar-refractivity contribution in [3.8, 4) is 5.75 Å². The number of hydrogen-bond acceptors (Lipinski definition) is 6. The smallest absolute Gasteiger partial charge is 0.129 e. The van der Waals surface area contributed by atoms with Gasteiger partial charge in [0.2, 0.25) is 0 Å². The van der Waals surface area contributed by atoms with Crippen LogP contribution in [0.15, 0.2) is 95.7 Å². The van der Waals surface area contributed by atoms with Gasteiger partial charge in [0.25, 0.3) is 0 Å². The lowest BCUT2D eigenvalue weighted by atomic mass is 10.1. The van der Waals surface area contributed by atoms with Crippen molar-refractivity contribution in [1.82, 2.24) is 15.5 Å². The van der Waals surface area contributed by atoms with Crippen molar-refractivity contribution < 1.29 is 4.74 Å². The average molecular weight is 520 g/mol. The molecule has 1 heterocycles. The van der Waals surface area contributed by atoms with Gasteiger partial charge in [-0.05, 0) is 70.9 Å². The summed E-state index contributed by atoms with van der Waals surface area (Å²) < 4.78 is 6.01. The first-order chi connectivity index (χ1) is 18.6. The molecule has 2 aromatic rings. The number of nitrogens with one attached hydrogen (secondary N) is 3. The van der Waals surface area contributed by atoms with Gasteiger partial charge < -0.3 is 15.4 Å². The standard InChI is InChI=1S/C28H37N5O.2C2H6/c1-5-12-24(34-23-13-7-6-8-14-23)19-22(2)20-33(4)21-27-31-26-16-10-9-15-25(26)28(32-27)30-18-11-17-29-3;2*1-2/h5-10,12-16,19,28-30H,1,11,17-18,20-21H2,2-4H3,(H,31,32);2*1-2H3/b22-19+,24-12+;;. The second-order valence-corrected chi connectivity index (χ2v) is 8.48. The molecule has 1 atom stereocenters. The van der Waals surface area contributed by atoms with Crippen molar-refractivity contribution in [3.63, 3.8) is 0 Å². The zero-order valence-corrected chi connectivity index (χ0v) is 24.6. The largest absolute Gasteiger partial charge is 0.457 e. The molecule has 0 amide bonds. The van der Waals surface area contributed by atoms with Crippen molar-refractivity contribution in [2.24, 2.45) is 4.99 Å². The third-order valence-electron chi connectivity index (χ3n) is 5.35. The van der Waals surface area contributed by atoms with Gasteiger partial charge in [0.15, 0.2) is 0 Å². The van der Waals surface area contributed by atoms with E-state index in [0.717, 1.165) is 49.1 Å². The molecule has 0 saturated carbocycles. The second kappa shape index (κ2) is 19.9. The van der Waals surface area contributed by atoms with Crippen LogP contribution in [0.1, 0.15) is 52.8 Å². The molecule has 1 aliphatic rings. The Hall–Kier alpha value is -3.19. The number of fused-ring (bicyclic) bond motifs is 1. The minimum absolute atomic E-state index is 0.0317. The Morgan fingerprint density at radius 3 is 2.42 bits per heavy atom. The summed E-state index contributed by atoms with van der Waals surface area (Å²) in [4.78, 5) is 7.23. The Morgan fingerprint density at radius 2 is 1.74 bits per heavy atom. The van der Waals surface area contributed by atoms with Gasteiger partial charge >= 0.3 is 0 Å². The Morgan fingerprint density at radius 1 is 1.05 bits per heavy atom. The van der Waals surface area contributed by atoms with Gasteiger partial charge in [-0.1, -0.05) is 82.3 Å². The van der Waals surface area contributed by atoms with Gasteiger partial charge in [-0.2, -0.15) is 0 Å². The van der Waals surface area contributed by atoms with Crippen LogP contribution < -0.4 is 20.7 Å². The predicted octanol–water partition coefficient (Wildman–Crippen LogP) is 6.79. The lowest BCUT2D eigenvalue weighted by Crippen LogP contribution is -2.36. The normalized spacial score (nSPS) is 14.6. The van der Waals surface area contributed by atoms with Crippen molar-refractivity contribution >= 4 is 11.5 Å². The zero-order valence-electron chi connectivity index (χ0n) is 24.6. The van der Waals surface area contributed by atoms with Crippen LogP contribution in [0.2, 0.25) is 0 Å². The lowest BCUT2D eigenvalue weighted by Gasteiger charge is -2.28. The number of para-hydroxylation sites is 2. The molecule has 0 spiro atoms. The van der Waals surface area contributed by atoms with Gasteiger partial charge in [0, 0.05) is 17.8 Å². The Balaban J connectivity index is 0.00000172. The molecule has 3 N–H and O–H groups in total. The van der Waals surface area contributed by atoms with E-state index in [-0.39, 0.29) is 6.17 Å². The molecule has 1 unspecified atom stereocenters. The summed E-state index contributed by atoms with van der Waals surface area (Å²) in [6.07, 6.45) is 6.71.